The number of hydrogen-bond donors (Lipinski definition) is 1. The SMILES string of the molecule is Cc1nc(COc2cccc(C(=O)NC3CCN(CC4CCCC4)CC3)c2)cs1. The van der Waals surface area contributed by atoms with E-state index in [1.54, 1.807) is 11.3 Å². The van der Waals surface area contributed by atoms with Crippen molar-refractivity contribution in [2.24, 2.45) is 5.92 Å². The van der Waals surface area contributed by atoms with Crippen LogP contribution in [-0.2, 0) is 6.61 Å². The molecule has 6 heteroatoms. The molecule has 0 unspecified atom stereocenters. The number of rotatable bonds is 7. The van der Waals surface area contributed by atoms with Crippen LogP contribution in [0.25, 0.3) is 0 Å². The Kier molecular flexibility index (Phi) is 6.82. The molecule has 2 heterocycles. The summed E-state index contributed by atoms with van der Waals surface area (Å²) >= 11 is 1.62. The number of ether oxygens (including phenoxy) is 1. The predicted molar refractivity (Wildman–Crippen MR) is 117 cm³/mol. The highest BCUT2D eigenvalue weighted by Crippen LogP contribution is 2.26. The molecule has 2 aliphatic rings. The van der Waals surface area contributed by atoms with Crippen molar-refractivity contribution in [3.05, 3.63) is 45.9 Å². The fourth-order valence-electron chi connectivity index (χ4n) is 4.45. The van der Waals surface area contributed by atoms with Crippen LogP contribution in [0.3, 0.4) is 0 Å². The monoisotopic (exact) mass is 413 g/mol. The second-order valence-electron chi connectivity index (χ2n) is 8.37. The van der Waals surface area contributed by atoms with Crippen molar-refractivity contribution in [1.29, 1.82) is 0 Å². The molecule has 1 amide bonds. The fourth-order valence-corrected chi connectivity index (χ4v) is 5.04. The van der Waals surface area contributed by atoms with Crippen LogP contribution in [0.2, 0.25) is 0 Å². The molecule has 1 saturated carbocycles. The van der Waals surface area contributed by atoms with Crippen molar-refractivity contribution < 1.29 is 9.53 Å². The number of thiazole rings is 1. The maximum atomic E-state index is 12.7. The van der Waals surface area contributed by atoms with Crippen LogP contribution in [0.15, 0.2) is 29.6 Å². The van der Waals surface area contributed by atoms with Gasteiger partial charge in [-0.3, -0.25) is 4.79 Å². The Morgan fingerprint density at radius 2 is 2.03 bits per heavy atom. The first-order valence-corrected chi connectivity index (χ1v) is 11.7. The van der Waals surface area contributed by atoms with Crippen LogP contribution in [0.1, 0.15) is 59.6 Å². The van der Waals surface area contributed by atoms with Crippen LogP contribution in [0.4, 0.5) is 0 Å². The van der Waals surface area contributed by atoms with E-state index in [0.29, 0.717) is 17.9 Å². The zero-order chi connectivity index (χ0) is 20.1. The highest BCUT2D eigenvalue weighted by Gasteiger charge is 2.24. The molecule has 1 N–H and O–H groups in total. The van der Waals surface area contributed by atoms with Gasteiger partial charge in [-0.05, 0) is 56.7 Å². The fraction of sp³-hybridized carbons (Fsp3) is 0.565. The van der Waals surface area contributed by atoms with Crippen LogP contribution in [0.5, 0.6) is 5.75 Å². The van der Waals surface area contributed by atoms with E-state index in [1.165, 1.54) is 32.2 Å². The van der Waals surface area contributed by atoms with Gasteiger partial charge >= 0.3 is 0 Å². The zero-order valence-electron chi connectivity index (χ0n) is 17.2. The molecule has 1 aliphatic heterocycles. The molecule has 0 atom stereocenters. The number of piperidine rings is 1. The van der Waals surface area contributed by atoms with Crippen LogP contribution < -0.4 is 10.1 Å². The minimum atomic E-state index is -0.00537. The summed E-state index contributed by atoms with van der Waals surface area (Å²) < 4.78 is 5.82. The molecule has 4 rings (SSSR count). The topological polar surface area (TPSA) is 54.5 Å². The molecular formula is C23H31N3O2S. The van der Waals surface area contributed by atoms with Gasteiger partial charge in [0, 0.05) is 36.6 Å². The highest BCUT2D eigenvalue weighted by molar-refractivity contribution is 7.09. The number of aryl methyl sites for hydroxylation is 1. The van der Waals surface area contributed by atoms with E-state index in [1.807, 2.05) is 36.6 Å². The van der Waals surface area contributed by atoms with Crippen molar-refractivity contribution in [2.45, 2.75) is 58.1 Å². The number of amides is 1. The summed E-state index contributed by atoms with van der Waals surface area (Å²) in [5, 5.41) is 6.26. The van der Waals surface area contributed by atoms with Crippen LogP contribution in [-0.4, -0.2) is 41.5 Å². The maximum Gasteiger partial charge on any atom is 0.251 e. The number of aromatic nitrogens is 1. The highest BCUT2D eigenvalue weighted by atomic mass is 32.1. The van der Waals surface area contributed by atoms with Gasteiger partial charge in [-0.25, -0.2) is 4.98 Å². The van der Waals surface area contributed by atoms with Gasteiger partial charge in [-0.15, -0.1) is 11.3 Å². The number of benzene rings is 1. The van der Waals surface area contributed by atoms with E-state index in [0.717, 1.165) is 42.6 Å². The van der Waals surface area contributed by atoms with Gasteiger partial charge in [-0.2, -0.15) is 0 Å². The third-order valence-electron chi connectivity index (χ3n) is 6.06. The molecule has 156 valence electrons. The Morgan fingerprint density at radius 1 is 1.24 bits per heavy atom. The minimum absolute atomic E-state index is 0.00537. The van der Waals surface area contributed by atoms with E-state index in [2.05, 4.69) is 15.2 Å². The molecule has 0 spiro atoms. The summed E-state index contributed by atoms with van der Waals surface area (Å²) in [6.07, 6.45) is 7.69. The predicted octanol–water partition coefficient (Wildman–Crippen LogP) is 4.41. The Balaban J connectivity index is 1.24. The molecule has 1 saturated heterocycles. The van der Waals surface area contributed by atoms with Gasteiger partial charge < -0.3 is 15.0 Å². The van der Waals surface area contributed by atoms with Gasteiger partial charge in [0.1, 0.15) is 12.4 Å². The summed E-state index contributed by atoms with van der Waals surface area (Å²) in [7, 11) is 0. The minimum Gasteiger partial charge on any atom is -0.487 e. The molecule has 5 nitrogen and oxygen atoms in total. The van der Waals surface area contributed by atoms with Crippen molar-refractivity contribution >= 4 is 17.2 Å². The van der Waals surface area contributed by atoms with E-state index in [-0.39, 0.29) is 11.9 Å². The normalized spacial score (nSPS) is 18.8. The lowest BCUT2D eigenvalue weighted by Crippen LogP contribution is -2.45. The number of likely N-dealkylation sites (tertiary alicyclic amines) is 1. The molecule has 0 bridgehead atoms. The third-order valence-corrected chi connectivity index (χ3v) is 6.89. The quantitative estimate of drug-likeness (QED) is 0.730. The summed E-state index contributed by atoms with van der Waals surface area (Å²) in [4.78, 5) is 19.7. The Hall–Kier alpha value is -1.92. The summed E-state index contributed by atoms with van der Waals surface area (Å²) in [5.74, 6) is 1.60. The van der Waals surface area contributed by atoms with E-state index in [9.17, 15) is 4.79 Å². The second kappa shape index (κ2) is 9.72. The molecule has 0 radical (unpaired) electrons. The largest absolute Gasteiger partial charge is 0.487 e. The van der Waals surface area contributed by atoms with Crippen molar-refractivity contribution in [2.75, 3.05) is 19.6 Å². The molecule has 29 heavy (non-hydrogen) atoms. The average Bonchev–Trinajstić information content (AvgIpc) is 3.40. The standard InChI is InChI=1S/C23H31N3O2S/c1-17-24-21(16-29-17)15-28-22-8-4-7-19(13-22)23(27)25-20-9-11-26(12-10-20)14-18-5-2-3-6-18/h4,7-8,13,16,18,20H,2-3,5-6,9-12,14-15H2,1H3,(H,25,27). The third kappa shape index (κ3) is 5.80. The Bertz CT molecular complexity index is 808. The van der Waals surface area contributed by atoms with Crippen LogP contribution >= 0.6 is 11.3 Å². The van der Waals surface area contributed by atoms with Gasteiger partial charge in [0.25, 0.3) is 5.91 Å². The van der Waals surface area contributed by atoms with Gasteiger partial charge in [0.2, 0.25) is 0 Å². The second-order valence-corrected chi connectivity index (χ2v) is 9.44. The summed E-state index contributed by atoms with van der Waals surface area (Å²) in [6, 6.07) is 7.71. The van der Waals surface area contributed by atoms with Gasteiger partial charge in [0.15, 0.2) is 0 Å². The number of carbonyl (C=O) groups excluding carboxylic acids is 1. The molecule has 1 aromatic carbocycles. The first-order chi connectivity index (χ1) is 14.2. The lowest BCUT2D eigenvalue weighted by atomic mass is 10.0. The molecule has 2 aromatic rings. The van der Waals surface area contributed by atoms with Gasteiger partial charge in [-0.1, -0.05) is 18.9 Å². The Morgan fingerprint density at radius 3 is 2.76 bits per heavy atom. The number of hydrogen-bond acceptors (Lipinski definition) is 5. The smallest absolute Gasteiger partial charge is 0.251 e. The van der Waals surface area contributed by atoms with E-state index in [4.69, 9.17) is 4.74 Å². The van der Waals surface area contributed by atoms with E-state index >= 15 is 0 Å². The lowest BCUT2D eigenvalue weighted by molar-refractivity contribution is 0.0905. The van der Waals surface area contributed by atoms with Crippen LogP contribution in [0, 0.1) is 12.8 Å². The zero-order valence-corrected chi connectivity index (χ0v) is 18.0. The average molecular weight is 414 g/mol. The summed E-state index contributed by atoms with van der Waals surface area (Å²) in [6.45, 7) is 5.85. The molecule has 2 fully saturated rings. The van der Waals surface area contributed by atoms with Crippen molar-refractivity contribution in [1.82, 2.24) is 15.2 Å². The maximum absolute atomic E-state index is 12.7. The molecule has 1 aromatic heterocycles. The Labute approximate surface area is 177 Å². The van der Waals surface area contributed by atoms with Gasteiger partial charge in [0.05, 0.1) is 10.7 Å². The van der Waals surface area contributed by atoms with E-state index < -0.39 is 0 Å². The first kappa shape index (κ1) is 20.4. The number of nitrogens with one attached hydrogen (secondary N) is 1. The van der Waals surface area contributed by atoms with Crippen molar-refractivity contribution in [3.63, 3.8) is 0 Å². The number of carbonyl (C=O) groups is 1. The molecular weight excluding hydrogens is 382 g/mol. The molecule has 1 aliphatic carbocycles. The number of nitrogens with zero attached hydrogens (tertiary/aromatic N) is 2. The first-order valence-electron chi connectivity index (χ1n) is 10.8. The van der Waals surface area contributed by atoms with Crippen molar-refractivity contribution in [3.8, 4) is 5.75 Å². The lowest BCUT2D eigenvalue weighted by Gasteiger charge is -2.33. The summed E-state index contributed by atoms with van der Waals surface area (Å²) in [5.41, 5.74) is 1.58.